The fourth-order valence-electron chi connectivity index (χ4n) is 5.88. The first kappa shape index (κ1) is 25.2. The number of anilines is 1. The Hall–Kier alpha value is -5.04. The van der Waals surface area contributed by atoms with Crippen LogP contribution in [0.1, 0.15) is 29.0 Å². The minimum atomic E-state index is -1.38. The Morgan fingerprint density at radius 2 is 1.45 bits per heavy atom. The number of hydrazone groups is 1. The molecule has 0 radical (unpaired) electrons. The first-order valence-electron chi connectivity index (χ1n) is 13.1. The van der Waals surface area contributed by atoms with E-state index in [1.54, 1.807) is 7.11 Å². The average molecular weight is 530 g/mol. The zero-order valence-corrected chi connectivity index (χ0v) is 21.9. The van der Waals surface area contributed by atoms with Crippen molar-refractivity contribution in [3.63, 3.8) is 0 Å². The molecule has 0 N–H and O–H groups in total. The molecule has 0 saturated heterocycles. The second-order valence-electron chi connectivity index (χ2n) is 9.97. The van der Waals surface area contributed by atoms with E-state index in [-0.39, 0.29) is 17.3 Å². The summed E-state index contributed by atoms with van der Waals surface area (Å²) in [4.78, 5) is 27.2. The van der Waals surface area contributed by atoms with E-state index in [0.717, 1.165) is 16.7 Å². The standard InChI is InChI=1S/C33H27N3O4/c1-40-27-19-17-24(18-20-27)29-21-28(23-11-5-2-6-12-23)30(36(38)39)22-33(29)31(25-13-7-3-8-14-25)34-35(32(33)37)26-15-9-4-10-16-26/h2-21,28,30H,22H2,1H3/t28-,30+,33-/m1/s1. The second-order valence-corrected chi connectivity index (χ2v) is 9.97. The Kier molecular flexibility index (Phi) is 6.48. The van der Waals surface area contributed by atoms with Crippen LogP contribution in [-0.4, -0.2) is 29.7 Å². The quantitative estimate of drug-likeness (QED) is 0.215. The van der Waals surface area contributed by atoms with Crippen molar-refractivity contribution in [3.8, 4) is 5.75 Å². The first-order chi connectivity index (χ1) is 19.5. The fourth-order valence-corrected chi connectivity index (χ4v) is 5.88. The van der Waals surface area contributed by atoms with E-state index in [2.05, 4.69) is 0 Å². The van der Waals surface area contributed by atoms with E-state index in [0.29, 0.717) is 22.7 Å². The van der Waals surface area contributed by atoms with Crippen molar-refractivity contribution in [2.75, 3.05) is 12.1 Å². The molecule has 6 rings (SSSR count). The summed E-state index contributed by atoms with van der Waals surface area (Å²) in [6.07, 6.45) is 1.88. The summed E-state index contributed by atoms with van der Waals surface area (Å²) in [5.74, 6) is -0.162. The second kappa shape index (κ2) is 10.3. The summed E-state index contributed by atoms with van der Waals surface area (Å²) < 4.78 is 5.39. The zero-order chi connectivity index (χ0) is 27.7. The number of methoxy groups -OCH3 is 1. The maximum Gasteiger partial charge on any atom is 0.264 e. The van der Waals surface area contributed by atoms with Crippen molar-refractivity contribution < 1.29 is 14.5 Å². The van der Waals surface area contributed by atoms with E-state index in [1.807, 2.05) is 121 Å². The van der Waals surface area contributed by atoms with E-state index < -0.39 is 17.4 Å². The van der Waals surface area contributed by atoms with Gasteiger partial charge in [0.25, 0.3) is 5.91 Å². The van der Waals surface area contributed by atoms with Gasteiger partial charge in [0.2, 0.25) is 6.04 Å². The summed E-state index contributed by atoms with van der Waals surface area (Å²) in [7, 11) is 1.60. The number of nitro groups is 1. The van der Waals surface area contributed by atoms with Crippen LogP contribution >= 0.6 is 0 Å². The number of para-hydroxylation sites is 1. The van der Waals surface area contributed by atoms with Crippen LogP contribution in [0.3, 0.4) is 0 Å². The molecule has 198 valence electrons. The summed E-state index contributed by atoms with van der Waals surface area (Å²) >= 11 is 0. The number of amides is 1. The molecule has 4 aromatic carbocycles. The van der Waals surface area contributed by atoms with Crippen molar-refractivity contribution in [2.45, 2.75) is 18.4 Å². The van der Waals surface area contributed by atoms with Gasteiger partial charge in [0.05, 0.1) is 24.4 Å². The van der Waals surface area contributed by atoms with E-state index >= 15 is 0 Å². The third-order valence-electron chi connectivity index (χ3n) is 7.80. The first-order valence-corrected chi connectivity index (χ1v) is 13.1. The topological polar surface area (TPSA) is 85.0 Å². The predicted octanol–water partition coefficient (Wildman–Crippen LogP) is 6.35. The molecule has 1 spiro atoms. The van der Waals surface area contributed by atoms with Crippen LogP contribution < -0.4 is 9.75 Å². The highest BCUT2D eigenvalue weighted by Gasteiger charge is 2.60. The van der Waals surface area contributed by atoms with Crippen molar-refractivity contribution in [1.29, 1.82) is 0 Å². The van der Waals surface area contributed by atoms with Crippen LogP contribution in [0.4, 0.5) is 5.69 Å². The molecule has 0 fully saturated rings. The molecule has 0 bridgehead atoms. The maximum absolute atomic E-state index is 14.7. The molecule has 7 nitrogen and oxygen atoms in total. The Morgan fingerprint density at radius 3 is 2.05 bits per heavy atom. The number of nitrogens with zero attached hydrogens (tertiary/aromatic N) is 3. The summed E-state index contributed by atoms with van der Waals surface area (Å²) in [6, 6.07) is 34.6. The molecule has 1 heterocycles. The molecular formula is C33H27N3O4. The monoisotopic (exact) mass is 529 g/mol. The molecule has 2 aliphatic rings. The van der Waals surface area contributed by atoms with Crippen molar-refractivity contribution >= 4 is 22.9 Å². The highest BCUT2D eigenvalue weighted by atomic mass is 16.6. The number of hydrogen-bond acceptors (Lipinski definition) is 5. The molecule has 3 atom stereocenters. The van der Waals surface area contributed by atoms with Crippen LogP contribution in [0.15, 0.2) is 126 Å². The lowest BCUT2D eigenvalue weighted by Crippen LogP contribution is -2.49. The minimum Gasteiger partial charge on any atom is -0.497 e. The molecule has 4 aromatic rings. The largest absolute Gasteiger partial charge is 0.497 e. The smallest absolute Gasteiger partial charge is 0.264 e. The summed E-state index contributed by atoms with van der Waals surface area (Å²) in [6.45, 7) is 0. The number of hydrogen-bond donors (Lipinski definition) is 0. The number of ether oxygens (including phenoxy) is 1. The molecule has 1 amide bonds. The highest BCUT2D eigenvalue weighted by molar-refractivity contribution is 6.31. The van der Waals surface area contributed by atoms with Crippen LogP contribution in [0.2, 0.25) is 0 Å². The van der Waals surface area contributed by atoms with Gasteiger partial charge in [0.15, 0.2) is 0 Å². The van der Waals surface area contributed by atoms with Crippen molar-refractivity contribution in [1.82, 2.24) is 0 Å². The number of rotatable bonds is 6. The Bertz CT molecular complexity index is 1600. The van der Waals surface area contributed by atoms with Crippen LogP contribution in [-0.2, 0) is 4.79 Å². The van der Waals surface area contributed by atoms with Crippen LogP contribution in [0, 0.1) is 15.5 Å². The van der Waals surface area contributed by atoms with Crippen molar-refractivity contribution in [2.24, 2.45) is 10.5 Å². The number of benzene rings is 4. The Balaban J connectivity index is 1.63. The lowest BCUT2D eigenvalue weighted by Gasteiger charge is -2.39. The van der Waals surface area contributed by atoms with Gasteiger partial charge in [-0.3, -0.25) is 14.9 Å². The van der Waals surface area contributed by atoms with Crippen molar-refractivity contribution in [3.05, 3.63) is 148 Å². The van der Waals surface area contributed by atoms with Gasteiger partial charge in [0.1, 0.15) is 11.2 Å². The summed E-state index contributed by atoms with van der Waals surface area (Å²) in [5, 5.41) is 19.0. The van der Waals surface area contributed by atoms with Gasteiger partial charge in [0, 0.05) is 11.3 Å². The molecule has 40 heavy (non-hydrogen) atoms. The molecule has 7 heteroatoms. The molecule has 1 aliphatic heterocycles. The minimum absolute atomic E-state index is 0.0344. The van der Waals surface area contributed by atoms with Gasteiger partial charge in [-0.2, -0.15) is 10.1 Å². The molecule has 1 aliphatic carbocycles. The number of carbonyl (C=O) groups is 1. The SMILES string of the molecule is COc1ccc(C2=C[C@H](c3ccccc3)[C@@H]([N+](=O)[O-])C[C@@]23C(=O)N(c2ccccc2)N=C3c2ccccc2)cc1. The van der Waals surface area contributed by atoms with Gasteiger partial charge < -0.3 is 4.74 Å². The third kappa shape index (κ3) is 4.16. The average Bonchev–Trinajstić information content (AvgIpc) is 3.30. The third-order valence-corrected chi connectivity index (χ3v) is 7.80. The lowest BCUT2D eigenvalue weighted by molar-refractivity contribution is -0.527. The Labute approximate surface area is 232 Å². The van der Waals surface area contributed by atoms with Crippen LogP contribution in [0.5, 0.6) is 5.75 Å². The van der Waals surface area contributed by atoms with Gasteiger partial charge in [-0.15, -0.1) is 0 Å². The lowest BCUT2D eigenvalue weighted by atomic mass is 9.61. The van der Waals surface area contributed by atoms with Gasteiger partial charge in [-0.1, -0.05) is 97.1 Å². The molecule has 0 saturated carbocycles. The highest BCUT2D eigenvalue weighted by Crippen LogP contribution is 2.54. The van der Waals surface area contributed by atoms with Gasteiger partial charge in [-0.25, -0.2) is 0 Å². The van der Waals surface area contributed by atoms with Gasteiger partial charge >= 0.3 is 0 Å². The number of carbonyl (C=O) groups excluding carboxylic acids is 1. The normalized spacial score (nSPS) is 22.1. The van der Waals surface area contributed by atoms with Crippen LogP contribution in [0.25, 0.3) is 5.57 Å². The fraction of sp³-hybridized carbons (Fsp3) is 0.152. The summed E-state index contributed by atoms with van der Waals surface area (Å²) in [5.41, 5.74) is 2.79. The van der Waals surface area contributed by atoms with E-state index in [9.17, 15) is 14.9 Å². The Morgan fingerprint density at radius 1 is 0.850 bits per heavy atom. The van der Waals surface area contributed by atoms with E-state index in [4.69, 9.17) is 9.84 Å². The maximum atomic E-state index is 14.7. The van der Waals surface area contributed by atoms with Gasteiger partial charge in [-0.05, 0) is 46.5 Å². The predicted molar refractivity (Wildman–Crippen MR) is 155 cm³/mol. The molecule has 0 aromatic heterocycles. The zero-order valence-electron chi connectivity index (χ0n) is 21.9. The van der Waals surface area contributed by atoms with E-state index in [1.165, 1.54) is 5.01 Å². The molecular weight excluding hydrogens is 502 g/mol. The molecule has 0 unspecified atom stereocenters.